The van der Waals surface area contributed by atoms with Gasteiger partial charge in [0.25, 0.3) is 0 Å². The van der Waals surface area contributed by atoms with E-state index in [-0.39, 0.29) is 16.8 Å². The van der Waals surface area contributed by atoms with E-state index < -0.39 is 10.0 Å². The van der Waals surface area contributed by atoms with Gasteiger partial charge in [0, 0.05) is 29.4 Å². The third kappa shape index (κ3) is 2.93. The van der Waals surface area contributed by atoms with Gasteiger partial charge in [-0.2, -0.15) is 4.31 Å². The highest BCUT2D eigenvalue weighted by molar-refractivity contribution is 9.10. The second-order valence-electron chi connectivity index (χ2n) is 6.62. The van der Waals surface area contributed by atoms with E-state index in [0.717, 1.165) is 27.8 Å². The van der Waals surface area contributed by atoms with E-state index in [1.54, 1.807) is 26.6 Å². The molecular weight excluding hydrogens is 436 g/mol. The Kier molecular flexibility index (Phi) is 4.71. The fourth-order valence-corrected chi connectivity index (χ4v) is 7.43. The van der Waals surface area contributed by atoms with E-state index in [2.05, 4.69) is 15.9 Å². The number of carbonyl (C=O) groups excluding carboxylic acids is 1. The largest absolute Gasteiger partial charge is 0.311 e. The van der Waals surface area contributed by atoms with Crippen LogP contribution in [0.4, 0.5) is 5.69 Å². The van der Waals surface area contributed by atoms with Crippen molar-refractivity contribution in [2.24, 2.45) is 0 Å². The summed E-state index contributed by atoms with van der Waals surface area (Å²) in [4.78, 5) is 14.9. The fourth-order valence-electron chi connectivity index (χ4n) is 3.90. The number of fused-ring (bicyclic) bond motifs is 1. The zero-order chi connectivity index (χ0) is 18.5. The third-order valence-electron chi connectivity index (χ3n) is 5.04. The molecule has 0 N–H and O–H groups in total. The van der Waals surface area contributed by atoms with E-state index >= 15 is 0 Å². The summed E-state index contributed by atoms with van der Waals surface area (Å²) in [5.74, 6) is -0.126. The Morgan fingerprint density at radius 3 is 2.81 bits per heavy atom. The van der Waals surface area contributed by atoms with Crippen molar-refractivity contribution in [1.82, 2.24) is 4.31 Å². The number of carbonyl (C=O) groups is 1. The van der Waals surface area contributed by atoms with Gasteiger partial charge in [0.2, 0.25) is 15.9 Å². The molecule has 0 radical (unpaired) electrons. The zero-order valence-corrected chi connectivity index (χ0v) is 17.5. The Bertz CT molecular complexity index is 957. The lowest BCUT2D eigenvalue weighted by Crippen LogP contribution is -2.33. The van der Waals surface area contributed by atoms with Crippen molar-refractivity contribution in [2.75, 3.05) is 18.0 Å². The molecule has 1 aromatic carbocycles. The van der Waals surface area contributed by atoms with Crippen molar-refractivity contribution in [3.05, 3.63) is 44.6 Å². The number of anilines is 1. The van der Waals surface area contributed by atoms with Crippen LogP contribution < -0.4 is 4.90 Å². The van der Waals surface area contributed by atoms with Crippen LogP contribution in [0.25, 0.3) is 0 Å². The molecule has 26 heavy (non-hydrogen) atoms. The Hall–Kier alpha value is -1.22. The molecular formula is C18H19BrN2O3S2. The molecule has 1 fully saturated rings. The first-order valence-electron chi connectivity index (χ1n) is 8.55. The summed E-state index contributed by atoms with van der Waals surface area (Å²) in [6, 6.07) is 7.38. The third-order valence-corrected chi connectivity index (χ3v) is 8.39. The molecule has 0 unspecified atom stereocenters. The number of hydrogen-bond donors (Lipinski definition) is 0. The number of halogens is 1. The summed E-state index contributed by atoms with van der Waals surface area (Å²) in [6.07, 6.45) is 2.34. The van der Waals surface area contributed by atoms with E-state index in [9.17, 15) is 13.2 Å². The minimum Gasteiger partial charge on any atom is -0.311 e. The summed E-state index contributed by atoms with van der Waals surface area (Å²) < 4.78 is 29.5. The molecule has 1 amide bonds. The lowest BCUT2D eigenvalue weighted by atomic mass is 10.2. The van der Waals surface area contributed by atoms with Gasteiger partial charge in [-0.25, -0.2) is 8.42 Å². The minimum absolute atomic E-state index is 0.123. The van der Waals surface area contributed by atoms with E-state index in [1.807, 2.05) is 23.6 Å². The van der Waals surface area contributed by atoms with Crippen LogP contribution in [0.15, 0.2) is 39.0 Å². The van der Waals surface area contributed by atoms with E-state index in [1.165, 1.54) is 6.92 Å². The average Bonchev–Trinajstić information content (AvgIpc) is 3.32. The maximum Gasteiger partial charge on any atom is 0.245 e. The van der Waals surface area contributed by atoms with Crippen LogP contribution in [-0.4, -0.2) is 31.7 Å². The summed E-state index contributed by atoms with van der Waals surface area (Å²) in [6.45, 7) is 2.52. The quantitative estimate of drug-likeness (QED) is 0.705. The van der Waals surface area contributed by atoms with Crippen LogP contribution in [0.2, 0.25) is 0 Å². The predicted molar refractivity (Wildman–Crippen MR) is 106 cm³/mol. The highest BCUT2D eigenvalue weighted by Gasteiger charge is 2.40. The van der Waals surface area contributed by atoms with Crippen molar-refractivity contribution in [2.45, 2.75) is 37.1 Å². The molecule has 8 heteroatoms. The maximum absolute atomic E-state index is 13.6. The summed E-state index contributed by atoms with van der Waals surface area (Å²) in [5, 5.41) is 1.98. The number of benzene rings is 1. The molecule has 1 atom stereocenters. The molecule has 4 rings (SSSR count). The Morgan fingerprint density at radius 2 is 2.12 bits per heavy atom. The van der Waals surface area contributed by atoms with Crippen LogP contribution in [0.3, 0.4) is 0 Å². The summed E-state index contributed by atoms with van der Waals surface area (Å²) >= 11 is 5.03. The van der Waals surface area contributed by atoms with Gasteiger partial charge < -0.3 is 4.90 Å². The summed E-state index contributed by atoms with van der Waals surface area (Å²) in [5.41, 5.74) is 1.46. The van der Waals surface area contributed by atoms with Gasteiger partial charge in [0.1, 0.15) is 4.90 Å². The summed E-state index contributed by atoms with van der Waals surface area (Å²) in [7, 11) is -3.71. The van der Waals surface area contributed by atoms with Crippen molar-refractivity contribution in [1.29, 1.82) is 0 Å². The molecule has 1 saturated heterocycles. The number of amides is 1. The molecule has 5 nitrogen and oxygen atoms in total. The molecule has 138 valence electrons. The second kappa shape index (κ2) is 6.74. The Morgan fingerprint density at radius 1 is 1.31 bits per heavy atom. The van der Waals surface area contributed by atoms with Crippen LogP contribution >= 0.6 is 27.3 Å². The monoisotopic (exact) mass is 454 g/mol. The van der Waals surface area contributed by atoms with Gasteiger partial charge in [0.15, 0.2) is 0 Å². The van der Waals surface area contributed by atoms with Crippen LogP contribution in [0.1, 0.15) is 36.2 Å². The average molecular weight is 455 g/mol. The number of thiophene rings is 1. The van der Waals surface area contributed by atoms with Crippen LogP contribution in [0, 0.1) is 0 Å². The molecule has 2 aliphatic rings. The molecule has 0 spiro atoms. The lowest BCUT2D eigenvalue weighted by Gasteiger charge is -2.26. The first kappa shape index (κ1) is 18.2. The van der Waals surface area contributed by atoms with Crippen molar-refractivity contribution in [3.8, 4) is 0 Å². The first-order chi connectivity index (χ1) is 12.4. The second-order valence-corrected chi connectivity index (χ2v) is 10.4. The molecule has 2 aromatic rings. The first-order valence-corrected chi connectivity index (χ1v) is 11.7. The van der Waals surface area contributed by atoms with Crippen molar-refractivity contribution < 1.29 is 13.2 Å². The normalized spacial score (nSPS) is 20.5. The SMILES string of the molecule is CC(=O)N1CCc2cc(Br)cc(S(=O)(=O)N3CCC[C@@H]3c3cccs3)c21. The predicted octanol–water partition coefficient (Wildman–Crippen LogP) is 3.95. The van der Waals surface area contributed by atoms with Crippen LogP contribution in [-0.2, 0) is 21.2 Å². The molecule has 3 heterocycles. The van der Waals surface area contributed by atoms with Gasteiger partial charge in [-0.15, -0.1) is 11.3 Å². The van der Waals surface area contributed by atoms with E-state index in [4.69, 9.17) is 0 Å². The number of rotatable bonds is 3. The molecule has 0 aliphatic carbocycles. The molecule has 1 aromatic heterocycles. The van der Waals surface area contributed by atoms with Gasteiger partial charge in [0.05, 0.1) is 11.7 Å². The molecule has 0 bridgehead atoms. The number of sulfonamides is 1. The maximum atomic E-state index is 13.6. The van der Waals surface area contributed by atoms with Crippen LogP contribution in [0.5, 0.6) is 0 Å². The molecule has 0 saturated carbocycles. The number of nitrogens with zero attached hydrogens (tertiary/aromatic N) is 2. The minimum atomic E-state index is -3.71. The zero-order valence-electron chi connectivity index (χ0n) is 14.3. The number of hydrogen-bond acceptors (Lipinski definition) is 4. The van der Waals surface area contributed by atoms with Gasteiger partial charge >= 0.3 is 0 Å². The topological polar surface area (TPSA) is 57.7 Å². The fraction of sp³-hybridized carbons (Fsp3) is 0.389. The van der Waals surface area contributed by atoms with Gasteiger partial charge in [-0.05, 0) is 48.4 Å². The standard InChI is InChI=1S/C18H19BrN2O3S2/c1-12(22)20-8-6-13-10-14(19)11-17(18(13)20)26(23,24)21-7-2-4-15(21)16-5-3-9-25-16/h3,5,9-11,15H,2,4,6-8H2,1H3/t15-/m1/s1. The van der Waals surface area contributed by atoms with Crippen molar-refractivity contribution in [3.63, 3.8) is 0 Å². The Labute approximate surface area is 165 Å². The van der Waals surface area contributed by atoms with E-state index in [0.29, 0.717) is 25.2 Å². The van der Waals surface area contributed by atoms with Gasteiger partial charge in [-0.3, -0.25) is 4.79 Å². The Balaban J connectivity index is 1.83. The van der Waals surface area contributed by atoms with Crippen molar-refractivity contribution >= 4 is 48.9 Å². The van der Waals surface area contributed by atoms with Gasteiger partial charge in [-0.1, -0.05) is 22.0 Å². The highest BCUT2D eigenvalue weighted by atomic mass is 79.9. The molecule has 2 aliphatic heterocycles. The highest BCUT2D eigenvalue weighted by Crippen LogP contribution is 2.43. The smallest absolute Gasteiger partial charge is 0.245 e. The lowest BCUT2D eigenvalue weighted by molar-refractivity contribution is -0.116.